The van der Waals surface area contributed by atoms with Gasteiger partial charge in [-0.2, -0.15) is 0 Å². The Balaban J connectivity index is 1.89. The van der Waals surface area contributed by atoms with E-state index in [1.54, 1.807) is 6.07 Å². The first-order valence-electron chi connectivity index (χ1n) is 7.50. The molecule has 0 spiro atoms. The maximum absolute atomic E-state index is 12.1. The largest absolute Gasteiger partial charge is 0.493 e. The number of aromatic hydroxyl groups is 1. The molecular formula is C18H14N4O2. The molecule has 118 valence electrons. The Morgan fingerprint density at radius 2 is 1.79 bits per heavy atom. The van der Waals surface area contributed by atoms with Crippen LogP contribution in [0.25, 0.3) is 16.6 Å². The smallest absolute Gasteiger partial charge is 0.298 e. The van der Waals surface area contributed by atoms with Crippen molar-refractivity contribution in [3.8, 4) is 5.88 Å². The van der Waals surface area contributed by atoms with Crippen LogP contribution >= 0.6 is 0 Å². The minimum Gasteiger partial charge on any atom is -0.493 e. The summed E-state index contributed by atoms with van der Waals surface area (Å²) in [5.74, 6) is -0.498. The number of amides is 1. The second-order valence-electron chi connectivity index (χ2n) is 5.86. The van der Waals surface area contributed by atoms with E-state index in [2.05, 4.69) is 20.2 Å². The number of carbonyl (C=O) groups excluding carboxylic acids is 1. The molecule has 1 aliphatic rings. The molecule has 0 bridgehead atoms. The first kappa shape index (κ1) is 14.3. The average Bonchev–Trinajstić information content (AvgIpc) is 3.01. The molecule has 0 atom stereocenters. The maximum Gasteiger partial charge on any atom is 0.298 e. The number of nitrogens with zero attached hydrogens (tertiary/aromatic N) is 3. The molecule has 1 aliphatic heterocycles. The van der Waals surface area contributed by atoms with E-state index in [9.17, 15) is 9.90 Å². The molecule has 1 aromatic heterocycles. The number of hydrogen-bond donors (Lipinski definition) is 2. The van der Waals surface area contributed by atoms with Crippen molar-refractivity contribution in [2.24, 2.45) is 15.2 Å². The van der Waals surface area contributed by atoms with Gasteiger partial charge in [-0.05, 0) is 38.1 Å². The van der Waals surface area contributed by atoms with Crippen LogP contribution in [0.2, 0.25) is 0 Å². The number of aromatic amines is 1. The molecule has 1 amide bonds. The first-order chi connectivity index (χ1) is 11.5. The number of H-pyrrole nitrogens is 1. The Bertz CT molecular complexity index is 1160. The van der Waals surface area contributed by atoms with E-state index in [-0.39, 0.29) is 11.6 Å². The van der Waals surface area contributed by atoms with Crippen LogP contribution in [0.5, 0.6) is 5.88 Å². The van der Waals surface area contributed by atoms with Gasteiger partial charge >= 0.3 is 0 Å². The number of aromatic nitrogens is 1. The van der Waals surface area contributed by atoms with Crippen molar-refractivity contribution >= 4 is 28.2 Å². The zero-order valence-electron chi connectivity index (χ0n) is 13.2. The topological polar surface area (TPSA) is 90.2 Å². The third kappa shape index (κ3) is 2.20. The maximum atomic E-state index is 12.1. The van der Waals surface area contributed by atoms with Gasteiger partial charge in [-0.1, -0.05) is 23.3 Å². The summed E-state index contributed by atoms with van der Waals surface area (Å²) in [7, 11) is 0. The number of hydrogen-bond acceptors (Lipinski definition) is 4. The molecule has 4 rings (SSSR count). The van der Waals surface area contributed by atoms with Gasteiger partial charge in [0.15, 0.2) is 11.4 Å². The van der Waals surface area contributed by atoms with Crippen LogP contribution in [0.4, 0.5) is 5.69 Å². The number of carbonyl (C=O) groups is 1. The standard InChI is InChI=1S/C18H14N4O2/c1-9-3-5-13-11(7-9)15(17(23)19-13)21-22-16-12-8-10(2)4-6-14(12)20-18(16)24/h3-8,19,23H,1-2H3. The zero-order chi connectivity index (χ0) is 16.8. The first-order valence-corrected chi connectivity index (χ1v) is 7.50. The summed E-state index contributed by atoms with van der Waals surface area (Å²) in [6.45, 7) is 3.89. The van der Waals surface area contributed by atoms with Crippen molar-refractivity contribution in [2.75, 3.05) is 0 Å². The Morgan fingerprint density at radius 3 is 2.62 bits per heavy atom. The highest BCUT2D eigenvalue weighted by atomic mass is 16.3. The summed E-state index contributed by atoms with van der Waals surface area (Å²) in [5, 5.41) is 20.3. The predicted octanol–water partition coefficient (Wildman–Crippen LogP) is 2.54. The van der Waals surface area contributed by atoms with Crippen LogP contribution in [-0.4, -0.2) is 16.0 Å². The number of fused-ring (bicyclic) bond motifs is 2. The van der Waals surface area contributed by atoms with Gasteiger partial charge in [-0.15, -0.1) is 10.2 Å². The quantitative estimate of drug-likeness (QED) is 0.711. The molecular weight excluding hydrogens is 304 g/mol. The normalized spacial score (nSPS) is 13.8. The SMILES string of the molecule is Cc1ccc2c(c1)=C(N=Nc1c(O)[nH]c3ccc(C)cc13)C(=O)N=2. The van der Waals surface area contributed by atoms with E-state index >= 15 is 0 Å². The number of rotatable bonds is 2. The summed E-state index contributed by atoms with van der Waals surface area (Å²) in [6, 6.07) is 11.3. The Labute approximate surface area is 136 Å². The van der Waals surface area contributed by atoms with Crippen LogP contribution < -0.4 is 10.6 Å². The van der Waals surface area contributed by atoms with E-state index in [1.165, 1.54) is 0 Å². The fourth-order valence-electron chi connectivity index (χ4n) is 2.79. The summed E-state index contributed by atoms with van der Waals surface area (Å²) in [6.07, 6.45) is 0. The highest BCUT2D eigenvalue weighted by Crippen LogP contribution is 2.36. The summed E-state index contributed by atoms with van der Waals surface area (Å²) < 4.78 is 0. The highest BCUT2D eigenvalue weighted by Gasteiger charge is 2.17. The Kier molecular flexibility index (Phi) is 3.06. The van der Waals surface area contributed by atoms with Crippen molar-refractivity contribution in [1.29, 1.82) is 0 Å². The monoisotopic (exact) mass is 318 g/mol. The van der Waals surface area contributed by atoms with E-state index in [4.69, 9.17) is 0 Å². The molecule has 0 radical (unpaired) electrons. The van der Waals surface area contributed by atoms with E-state index in [1.807, 2.05) is 44.2 Å². The van der Waals surface area contributed by atoms with Gasteiger partial charge < -0.3 is 10.1 Å². The van der Waals surface area contributed by atoms with Crippen LogP contribution in [-0.2, 0) is 4.79 Å². The summed E-state index contributed by atoms with van der Waals surface area (Å²) in [4.78, 5) is 18.9. The third-order valence-electron chi connectivity index (χ3n) is 3.99. The van der Waals surface area contributed by atoms with Crippen molar-refractivity contribution in [1.82, 2.24) is 4.98 Å². The third-order valence-corrected chi connectivity index (χ3v) is 3.99. The molecule has 0 saturated heterocycles. The summed E-state index contributed by atoms with van der Waals surface area (Å²) in [5.41, 5.74) is 3.32. The lowest BCUT2D eigenvalue weighted by Crippen LogP contribution is -2.22. The summed E-state index contributed by atoms with van der Waals surface area (Å²) >= 11 is 0. The van der Waals surface area contributed by atoms with Crippen LogP contribution in [0, 0.1) is 13.8 Å². The fourth-order valence-corrected chi connectivity index (χ4v) is 2.79. The number of benzene rings is 2. The number of azo groups is 1. The molecule has 0 aliphatic carbocycles. The predicted molar refractivity (Wildman–Crippen MR) is 89.6 cm³/mol. The molecule has 0 saturated carbocycles. The van der Waals surface area contributed by atoms with Gasteiger partial charge in [0, 0.05) is 10.6 Å². The average molecular weight is 318 g/mol. The van der Waals surface area contributed by atoms with E-state index in [0.717, 1.165) is 22.0 Å². The van der Waals surface area contributed by atoms with Crippen LogP contribution in [0.3, 0.4) is 0 Å². The van der Waals surface area contributed by atoms with Gasteiger partial charge in [0.2, 0.25) is 5.88 Å². The van der Waals surface area contributed by atoms with E-state index in [0.29, 0.717) is 16.3 Å². The van der Waals surface area contributed by atoms with Gasteiger partial charge in [0.05, 0.1) is 10.9 Å². The minimum atomic E-state index is -0.421. The molecule has 6 nitrogen and oxygen atoms in total. The lowest BCUT2D eigenvalue weighted by Gasteiger charge is -1.95. The van der Waals surface area contributed by atoms with Crippen molar-refractivity contribution in [2.45, 2.75) is 13.8 Å². The molecule has 24 heavy (non-hydrogen) atoms. The highest BCUT2D eigenvalue weighted by molar-refractivity contribution is 6.14. The van der Waals surface area contributed by atoms with Crippen molar-refractivity contribution < 1.29 is 9.90 Å². The second kappa shape index (κ2) is 5.13. The van der Waals surface area contributed by atoms with E-state index < -0.39 is 5.91 Å². The molecule has 0 unspecified atom stereocenters. The fraction of sp³-hybridized carbons (Fsp3) is 0.111. The second-order valence-corrected chi connectivity index (χ2v) is 5.86. The molecule has 0 fully saturated rings. The van der Waals surface area contributed by atoms with Crippen molar-refractivity contribution in [3.05, 3.63) is 58.1 Å². The van der Waals surface area contributed by atoms with Gasteiger partial charge in [0.25, 0.3) is 5.91 Å². The Hall–Kier alpha value is -3.28. The minimum absolute atomic E-state index is 0.0770. The zero-order valence-corrected chi connectivity index (χ0v) is 13.2. The molecule has 2 N–H and O–H groups in total. The lowest BCUT2D eigenvalue weighted by atomic mass is 10.1. The van der Waals surface area contributed by atoms with Crippen LogP contribution in [0.15, 0.2) is 51.6 Å². The van der Waals surface area contributed by atoms with Crippen LogP contribution in [0.1, 0.15) is 11.1 Å². The molecule has 3 aromatic rings. The van der Waals surface area contributed by atoms with Gasteiger partial charge in [0.1, 0.15) is 0 Å². The van der Waals surface area contributed by atoms with Gasteiger partial charge in [-0.3, -0.25) is 4.79 Å². The number of aryl methyl sites for hydroxylation is 2. The molecule has 2 heterocycles. The lowest BCUT2D eigenvalue weighted by molar-refractivity contribution is -0.112. The number of nitrogens with one attached hydrogen (secondary N) is 1. The molecule has 2 aromatic carbocycles. The van der Waals surface area contributed by atoms with Crippen molar-refractivity contribution in [3.63, 3.8) is 0 Å². The molecule has 6 heteroatoms. The Morgan fingerprint density at radius 1 is 1.04 bits per heavy atom. The van der Waals surface area contributed by atoms with Gasteiger partial charge in [-0.25, -0.2) is 4.99 Å².